The molecule has 1 spiro atoms. The molecule has 8 rings (SSSR count). The van der Waals surface area contributed by atoms with Crippen LogP contribution in [0.5, 0.6) is 5.75 Å². The number of H-pyrrole nitrogens is 1. The Morgan fingerprint density at radius 2 is 1.74 bits per heavy atom. The summed E-state index contributed by atoms with van der Waals surface area (Å²) in [7, 11) is -2.20. The lowest BCUT2D eigenvalue weighted by atomic mass is 9.61. The van der Waals surface area contributed by atoms with Crippen LogP contribution in [0.15, 0.2) is 77.6 Å². The van der Waals surface area contributed by atoms with E-state index in [-0.39, 0.29) is 39.9 Å². The Balaban J connectivity index is 0.813. The molecule has 61 heavy (non-hydrogen) atoms. The van der Waals surface area contributed by atoms with E-state index in [4.69, 9.17) is 9.16 Å². The number of esters is 1. The van der Waals surface area contributed by atoms with Crippen LogP contribution in [0.1, 0.15) is 101 Å². The van der Waals surface area contributed by atoms with Crippen molar-refractivity contribution >= 4 is 36.2 Å². The van der Waals surface area contributed by atoms with E-state index < -0.39 is 19.9 Å². The maximum atomic E-state index is 13.6. The summed E-state index contributed by atoms with van der Waals surface area (Å²) in [5, 5.41) is 35.8. The zero-order chi connectivity index (χ0) is 43.0. The van der Waals surface area contributed by atoms with Crippen LogP contribution in [0.4, 0.5) is 0 Å². The molecule has 13 heteroatoms. The van der Waals surface area contributed by atoms with Crippen molar-refractivity contribution in [1.82, 2.24) is 30.2 Å². The van der Waals surface area contributed by atoms with E-state index >= 15 is 0 Å². The molecule has 0 bridgehead atoms. The minimum atomic E-state index is -2.20. The number of pyridine rings is 1. The lowest BCUT2D eigenvalue weighted by Gasteiger charge is -2.52. The number of carbonyl (C=O) groups excluding carboxylic acids is 1. The monoisotopic (exact) mass is 848 g/mol. The summed E-state index contributed by atoms with van der Waals surface area (Å²) in [5.74, 6) is -0.519. The lowest BCUT2D eigenvalue weighted by Crippen LogP contribution is -2.52. The normalized spacial score (nSPS) is 19.3. The molecule has 2 saturated carbocycles. The van der Waals surface area contributed by atoms with Gasteiger partial charge in [-0.15, -0.1) is 5.10 Å². The Hall–Kier alpha value is -4.40. The predicted molar refractivity (Wildman–Crippen MR) is 241 cm³/mol. The number of likely N-dealkylation sites (tertiary alicyclic amines) is 1. The molecule has 3 heterocycles. The first-order valence-electron chi connectivity index (χ1n) is 22.4. The van der Waals surface area contributed by atoms with Crippen LogP contribution in [0.25, 0.3) is 21.9 Å². The van der Waals surface area contributed by atoms with Gasteiger partial charge in [-0.2, -0.15) is 0 Å². The number of hydrogen-bond donors (Lipinski definition) is 4. The fourth-order valence-electron chi connectivity index (χ4n) is 9.82. The third kappa shape index (κ3) is 9.08. The standard InChI is InChI=1S/C48H64N6O6Si/c1-46(2,3)61(4,5)60-42(37-17-20-41(55)44-38(37)18-21-43(56)50-44)32-49-31-33-16-19-40-39(28-33)51-52-54(40)25-11-24-53-26-22-47(23-27-53)29-36(30-47)59-45(57)48(58,35-14-9-10-15-35)34-12-7-6-8-13-34/h6-8,12-13,16-21,28,35-36,42,49,55,58H,9-11,14-15,22-27,29-32H2,1-5H3,(H,50,56). The number of benzene rings is 3. The van der Waals surface area contributed by atoms with E-state index in [1.165, 1.54) is 6.07 Å². The number of nitrogens with zero attached hydrogens (tertiary/aromatic N) is 4. The van der Waals surface area contributed by atoms with Crippen molar-refractivity contribution in [3.8, 4) is 5.75 Å². The molecule has 0 amide bonds. The maximum Gasteiger partial charge on any atom is 0.343 e. The molecule has 1 saturated heterocycles. The van der Waals surface area contributed by atoms with Crippen LogP contribution < -0.4 is 10.9 Å². The number of nitrogens with one attached hydrogen (secondary N) is 2. The van der Waals surface area contributed by atoms with E-state index in [2.05, 4.69) is 77.6 Å². The molecule has 2 aromatic heterocycles. The molecular formula is C48H64N6O6Si. The number of ether oxygens (including phenoxy) is 1. The molecule has 3 aromatic carbocycles. The highest BCUT2D eigenvalue weighted by Gasteiger charge is 2.52. The predicted octanol–water partition coefficient (Wildman–Crippen LogP) is 8.09. The summed E-state index contributed by atoms with van der Waals surface area (Å²) in [6.45, 7) is 16.2. The highest BCUT2D eigenvalue weighted by molar-refractivity contribution is 6.74. The number of aromatic nitrogens is 4. The number of aliphatic hydroxyl groups is 1. The van der Waals surface area contributed by atoms with E-state index in [9.17, 15) is 19.8 Å². The lowest BCUT2D eigenvalue weighted by molar-refractivity contribution is -0.192. The number of hydrogen-bond acceptors (Lipinski definition) is 10. The Kier molecular flexibility index (Phi) is 12.3. The van der Waals surface area contributed by atoms with Crippen molar-refractivity contribution in [2.24, 2.45) is 11.3 Å². The van der Waals surface area contributed by atoms with Gasteiger partial charge in [0.25, 0.3) is 0 Å². The number of fused-ring (bicyclic) bond motifs is 2. The molecular weight excluding hydrogens is 785 g/mol. The van der Waals surface area contributed by atoms with E-state index in [0.29, 0.717) is 24.2 Å². The summed E-state index contributed by atoms with van der Waals surface area (Å²) in [5.41, 5.74) is 3.39. The van der Waals surface area contributed by atoms with Gasteiger partial charge in [0.1, 0.15) is 17.4 Å². The quantitative estimate of drug-likeness (QED) is 0.0601. The smallest absolute Gasteiger partial charge is 0.343 e. The Labute approximate surface area is 360 Å². The van der Waals surface area contributed by atoms with Crippen LogP contribution in [-0.4, -0.2) is 81.7 Å². The van der Waals surface area contributed by atoms with Crippen molar-refractivity contribution < 1.29 is 24.2 Å². The average molecular weight is 849 g/mol. The van der Waals surface area contributed by atoms with Crippen molar-refractivity contribution in [3.63, 3.8) is 0 Å². The minimum Gasteiger partial charge on any atom is -0.506 e. The van der Waals surface area contributed by atoms with Gasteiger partial charge in [-0.1, -0.05) is 81.3 Å². The van der Waals surface area contributed by atoms with Gasteiger partial charge in [-0.05, 0) is 129 Å². The van der Waals surface area contributed by atoms with Gasteiger partial charge in [0.05, 0.1) is 17.1 Å². The van der Waals surface area contributed by atoms with Gasteiger partial charge in [0.2, 0.25) is 5.56 Å². The van der Waals surface area contributed by atoms with Crippen LogP contribution >= 0.6 is 0 Å². The SMILES string of the molecule is CC(C)(C)[Si](C)(C)OC(CNCc1ccc2c(c1)nnn2CCCN1CCC2(CC1)CC(OC(=O)C(O)(c1ccccc1)C1CCCC1)C2)c1ccc(O)c2[nH]c(=O)ccc12. The minimum absolute atomic E-state index is 0.00650. The first kappa shape index (κ1) is 43.3. The number of rotatable bonds is 15. The average Bonchev–Trinajstić information content (AvgIpc) is 3.92. The Bertz CT molecular complexity index is 2370. The third-order valence-electron chi connectivity index (χ3n) is 14.6. The number of phenols is 1. The highest BCUT2D eigenvalue weighted by Crippen LogP contribution is 2.51. The number of carbonyl (C=O) groups is 1. The molecule has 2 atom stereocenters. The zero-order valence-corrected chi connectivity index (χ0v) is 37.6. The molecule has 326 valence electrons. The summed E-state index contributed by atoms with van der Waals surface area (Å²) in [6, 6.07) is 22.5. The van der Waals surface area contributed by atoms with Gasteiger partial charge >= 0.3 is 5.97 Å². The zero-order valence-electron chi connectivity index (χ0n) is 36.6. The second-order valence-electron chi connectivity index (χ2n) is 19.7. The van der Waals surface area contributed by atoms with Crippen molar-refractivity contribution in [1.29, 1.82) is 0 Å². The van der Waals surface area contributed by atoms with Gasteiger partial charge in [0.15, 0.2) is 13.9 Å². The van der Waals surface area contributed by atoms with Crippen LogP contribution in [-0.2, 0) is 32.6 Å². The number of aromatic amines is 1. The van der Waals surface area contributed by atoms with Crippen molar-refractivity contribution in [3.05, 3.63) is 99.8 Å². The molecule has 12 nitrogen and oxygen atoms in total. The molecule has 5 aromatic rings. The molecule has 2 unspecified atom stereocenters. The Morgan fingerprint density at radius 1 is 1.00 bits per heavy atom. The van der Waals surface area contributed by atoms with Crippen LogP contribution in [0.2, 0.25) is 18.1 Å². The third-order valence-corrected chi connectivity index (χ3v) is 19.0. The van der Waals surface area contributed by atoms with E-state index in [1.54, 1.807) is 12.1 Å². The molecule has 3 aliphatic rings. The second-order valence-corrected chi connectivity index (χ2v) is 24.4. The summed E-state index contributed by atoms with van der Waals surface area (Å²) in [4.78, 5) is 31.1. The number of phenolic OH excluding ortho intramolecular Hbond substituents is 1. The second kappa shape index (κ2) is 17.4. The summed E-state index contributed by atoms with van der Waals surface area (Å²) >= 11 is 0. The molecule has 2 aliphatic carbocycles. The highest BCUT2D eigenvalue weighted by atomic mass is 28.4. The van der Waals surface area contributed by atoms with Crippen molar-refractivity contribution in [2.75, 3.05) is 26.2 Å². The molecule has 1 aliphatic heterocycles. The fraction of sp³-hybridized carbons (Fsp3) is 0.542. The van der Waals surface area contributed by atoms with E-state index in [0.717, 1.165) is 112 Å². The Morgan fingerprint density at radius 3 is 2.46 bits per heavy atom. The number of piperidine rings is 1. The summed E-state index contributed by atoms with van der Waals surface area (Å²) < 4.78 is 15.1. The van der Waals surface area contributed by atoms with Crippen molar-refractivity contribution in [2.45, 2.75) is 128 Å². The topological polar surface area (TPSA) is 155 Å². The van der Waals surface area contributed by atoms with Crippen LogP contribution in [0, 0.1) is 11.3 Å². The largest absolute Gasteiger partial charge is 0.506 e. The van der Waals surface area contributed by atoms with Gasteiger partial charge in [0, 0.05) is 37.0 Å². The molecule has 3 fully saturated rings. The van der Waals surface area contributed by atoms with E-state index in [1.807, 2.05) is 41.1 Å². The van der Waals surface area contributed by atoms with Gasteiger partial charge in [-0.3, -0.25) is 4.79 Å². The maximum absolute atomic E-state index is 13.6. The van der Waals surface area contributed by atoms with Gasteiger partial charge in [-0.25, -0.2) is 9.48 Å². The number of aryl methyl sites for hydroxylation is 1. The first-order chi connectivity index (χ1) is 29.1. The van der Waals surface area contributed by atoms with Crippen LogP contribution in [0.3, 0.4) is 0 Å². The number of aromatic hydroxyl groups is 1. The molecule has 4 N–H and O–H groups in total. The summed E-state index contributed by atoms with van der Waals surface area (Å²) in [6.07, 6.45) is 8.31. The fourth-order valence-corrected chi connectivity index (χ4v) is 11.1. The first-order valence-corrected chi connectivity index (χ1v) is 25.3. The van der Waals surface area contributed by atoms with Gasteiger partial charge < -0.3 is 34.6 Å². The molecule has 0 radical (unpaired) electrons.